The molecule has 0 bridgehead atoms. The van der Waals surface area contributed by atoms with Crippen molar-refractivity contribution >= 4 is 39.1 Å². The second kappa shape index (κ2) is 5.38. The Balaban J connectivity index is 2.05. The van der Waals surface area contributed by atoms with Gasteiger partial charge in [0.2, 0.25) is 0 Å². The zero-order valence-corrected chi connectivity index (χ0v) is 11.7. The molecule has 0 radical (unpaired) electrons. The third-order valence-electron chi connectivity index (χ3n) is 2.83. The minimum Gasteiger partial charge on any atom is -0.368 e. The van der Waals surface area contributed by atoms with Crippen molar-refractivity contribution in [3.63, 3.8) is 0 Å². The van der Waals surface area contributed by atoms with Crippen LogP contribution in [0.5, 0.6) is 0 Å². The Hall–Kier alpha value is -0.580. The molecule has 3 nitrogen and oxygen atoms in total. The van der Waals surface area contributed by atoms with Crippen LogP contribution in [-0.2, 0) is 9.53 Å². The Bertz CT molecular complexity index is 439. The molecule has 1 N–H and O–H groups in total. The van der Waals surface area contributed by atoms with Gasteiger partial charge in [0.15, 0.2) is 0 Å². The maximum Gasteiger partial charge on any atom is 0.253 e. The summed E-state index contributed by atoms with van der Waals surface area (Å²) in [6.07, 6.45) is 0.590. The van der Waals surface area contributed by atoms with E-state index < -0.39 is 0 Å². The Morgan fingerprint density at radius 3 is 2.94 bits per heavy atom. The first kappa shape index (κ1) is 12.9. The van der Waals surface area contributed by atoms with E-state index in [9.17, 15) is 4.79 Å². The fourth-order valence-corrected chi connectivity index (χ4v) is 2.31. The van der Waals surface area contributed by atoms with Gasteiger partial charge < -0.3 is 10.1 Å². The molecule has 1 amide bonds. The van der Waals surface area contributed by atoms with E-state index in [1.165, 1.54) is 0 Å². The largest absolute Gasteiger partial charge is 0.368 e. The van der Waals surface area contributed by atoms with E-state index in [-0.39, 0.29) is 17.9 Å². The lowest BCUT2D eigenvalue weighted by Gasteiger charge is -2.14. The van der Waals surface area contributed by atoms with Crippen LogP contribution in [0.25, 0.3) is 0 Å². The number of benzene rings is 1. The van der Waals surface area contributed by atoms with Crippen LogP contribution < -0.4 is 5.32 Å². The lowest BCUT2D eigenvalue weighted by atomic mass is 10.0. The van der Waals surface area contributed by atoms with E-state index in [0.717, 1.165) is 10.9 Å². The number of halogens is 2. The normalized spacial score (nSPS) is 23.7. The van der Waals surface area contributed by atoms with Crippen molar-refractivity contribution in [2.75, 3.05) is 11.9 Å². The lowest BCUT2D eigenvalue weighted by Crippen LogP contribution is -2.31. The molecule has 0 spiro atoms. The molecule has 5 heteroatoms. The van der Waals surface area contributed by atoms with Crippen LogP contribution in [0.4, 0.5) is 5.69 Å². The minimum absolute atomic E-state index is 0.0933. The fourth-order valence-electron chi connectivity index (χ4n) is 1.82. The molecule has 1 aromatic rings. The molecule has 1 fully saturated rings. The van der Waals surface area contributed by atoms with Crippen LogP contribution >= 0.6 is 27.5 Å². The third kappa shape index (κ3) is 3.00. The molecule has 1 saturated heterocycles. The van der Waals surface area contributed by atoms with Gasteiger partial charge in [0.05, 0.1) is 5.02 Å². The molecule has 2 atom stereocenters. The molecule has 1 aromatic carbocycles. The summed E-state index contributed by atoms with van der Waals surface area (Å²) in [6.45, 7) is 2.68. The molecular weight excluding hydrogens is 305 g/mol. The topological polar surface area (TPSA) is 38.3 Å². The van der Waals surface area contributed by atoms with Gasteiger partial charge in [0.25, 0.3) is 5.91 Å². The summed E-state index contributed by atoms with van der Waals surface area (Å²) in [5, 5.41) is 3.45. The number of anilines is 1. The number of amides is 1. The van der Waals surface area contributed by atoms with Crippen molar-refractivity contribution in [3.8, 4) is 0 Å². The Morgan fingerprint density at radius 2 is 2.35 bits per heavy atom. The molecule has 1 heterocycles. The highest BCUT2D eigenvalue weighted by Crippen LogP contribution is 2.27. The van der Waals surface area contributed by atoms with Crippen LogP contribution in [0.3, 0.4) is 0 Å². The Labute approximate surface area is 114 Å². The average molecular weight is 319 g/mol. The quantitative estimate of drug-likeness (QED) is 0.907. The zero-order chi connectivity index (χ0) is 12.4. The van der Waals surface area contributed by atoms with E-state index in [4.69, 9.17) is 16.3 Å². The molecule has 1 aliphatic heterocycles. The molecule has 0 aliphatic carbocycles. The van der Waals surface area contributed by atoms with Crippen LogP contribution in [0.15, 0.2) is 22.7 Å². The van der Waals surface area contributed by atoms with E-state index in [1.807, 2.05) is 6.92 Å². The first-order chi connectivity index (χ1) is 8.08. The number of ether oxygens (including phenoxy) is 1. The monoisotopic (exact) mass is 317 g/mol. The summed E-state index contributed by atoms with van der Waals surface area (Å²) in [6, 6.07) is 5.28. The number of carbonyl (C=O) groups excluding carboxylic acids is 1. The van der Waals surface area contributed by atoms with Gasteiger partial charge in [-0.25, -0.2) is 0 Å². The maximum absolute atomic E-state index is 11.9. The van der Waals surface area contributed by atoms with Gasteiger partial charge in [-0.05, 0) is 46.5 Å². The predicted molar refractivity (Wildman–Crippen MR) is 71.3 cm³/mol. The van der Waals surface area contributed by atoms with Crippen molar-refractivity contribution < 1.29 is 9.53 Å². The van der Waals surface area contributed by atoms with Gasteiger partial charge in [-0.1, -0.05) is 18.5 Å². The summed E-state index contributed by atoms with van der Waals surface area (Å²) in [4.78, 5) is 11.9. The van der Waals surface area contributed by atoms with E-state index in [0.29, 0.717) is 17.3 Å². The summed E-state index contributed by atoms with van der Waals surface area (Å²) in [5.41, 5.74) is 0.717. The number of hydrogen-bond acceptors (Lipinski definition) is 2. The van der Waals surface area contributed by atoms with E-state index in [1.54, 1.807) is 18.2 Å². The van der Waals surface area contributed by atoms with E-state index >= 15 is 0 Å². The highest BCUT2D eigenvalue weighted by molar-refractivity contribution is 9.10. The molecular formula is C12H13BrClNO2. The van der Waals surface area contributed by atoms with Crippen LogP contribution in [-0.4, -0.2) is 18.6 Å². The number of carbonyl (C=O) groups is 1. The summed E-state index contributed by atoms with van der Waals surface area (Å²) >= 11 is 9.20. The minimum atomic E-state index is -0.343. The standard InChI is InChI=1S/C12H13BrClNO2/c1-7-4-5-17-11(7)12(16)15-8-2-3-10(14)9(13)6-8/h2-3,6-7,11H,4-5H2,1H3,(H,15,16). The molecule has 1 aliphatic rings. The smallest absolute Gasteiger partial charge is 0.253 e. The van der Waals surface area contributed by atoms with Crippen molar-refractivity contribution in [2.24, 2.45) is 5.92 Å². The van der Waals surface area contributed by atoms with E-state index in [2.05, 4.69) is 21.2 Å². The first-order valence-electron chi connectivity index (χ1n) is 5.45. The van der Waals surface area contributed by atoms with Gasteiger partial charge in [0, 0.05) is 16.8 Å². The SMILES string of the molecule is CC1CCOC1C(=O)Nc1ccc(Cl)c(Br)c1. The number of hydrogen-bond donors (Lipinski definition) is 1. The zero-order valence-electron chi connectivity index (χ0n) is 9.37. The predicted octanol–water partition coefficient (Wildman–Crippen LogP) is 3.47. The molecule has 0 aromatic heterocycles. The van der Waals surface area contributed by atoms with Gasteiger partial charge >= 0.3 is 0 Å². The van der Waals surface area contributed by atoms with Crippen LogP contribution in [0, 0.1) is 5.92 Å². The van der Waals surface area contributed by atoms with Crippen molar-refractivity contribution in [2.45, 2.75) is 19.4 Å². The molecule has 2 unspecified atom stereocenters. The lowest BCUT2D eigenvalue weighted by molar-refractivity contribution is -0.126. The highest BCUT2D eigenvalue weighted by atomic mass is 79.9. The Kier molecular flexibility index (Phi) is 4.07. The second-order valence-corrected chi connectivity index (χ2v) is 5.44. The average Bonchev–Trinajstić information content (AvgIpc) is 2.70. The van der Waals surface area contributed by atoms with Crippen molar-refractivity contribution in [1.29, 1.82) is 0 Å². The van der Waals surface area contributed by atoms with Gasteiger partial charge in [-0.2, -0.15) is 0 Å². The van der Waals surface area contributed by atoms with Gasteiger partial charge in [-0.15, -0.1) is 0 Å². The number of rotatable bonds is 2. The van der Waals surface area contributed by atoms with Crippen molar-refractivity contribution in [3.05, 3.63) is 27.7 Å². The number of nitrogens with one attached hydrogen (secondary N) is 1. The fraction of sp³-hybridized carbons (Fsp3) is 0.417. The van der Waals surface area contributed by atoms with Crippen LogP contribution in [0.2, 0.25) is 5.02 Å². The molecule has 17 heavy (non-hydrogen) atoms. The highest BCUT2D eigenvalue weighted by Gasteiger charge is 2.30. The van der Waals surface area contributed by atoms with Crippen LogP contribution in [0.1, 0.15) is 13.3 Å². The summed E-state index contributed by atoms with van der Waals surface area (Å²) in [5.74, 6) is 0.176. The molecule has 2 rings (SSSR count). The maximum atomic E-state index is 11.9. The van der Waals surface area contributed by atoms with Gasteiger partial charge in [-0.3, -0.25) is 4.79 Å². The third-order valence-corrected chi connectivity index (χ3v) is 4.05. The van der Waals surface area contributed by atoms with Crippen molar-refractivity contribution in [1.82, 2.24) is 0 Å². The molecule has 0 saturated carbocycles. The Morgan fingerprint density at radius 1 is 1.59 bits per heavy atom. The first-order valence-corrected chi connectivity index (χ1v) is 6.62. The second-order valence-electron chi connectivity index (χ2n) is 4.18. The molecule has 92 valence electrons. The summed E-state index contributed by atoms with van der Waals surface area (Å²) in [7, 11) is 0. The summed E-state index contributed by atoms with van der Waals surface area (Å²) < 4.78 is 6.16. The van der Waals surface area contributed by atoms with Gasteiger partial charge in [0.1, 0.15) is 6.10 Å².